The minimum atomic E-state index is 0.916. The maximum atomic E-state index is 8.15. The molecule has 4 heteroatoms. The van der Waals surface area contributed by atoms with Crippen molar-refractivity contribution in [3.8, 4) is 6.26 Å². The summed E-state index contributed by atoms with van der Waals surface area (Å²) in [6.45, 7) is 8.03. The SMILES string of the molecule is CCCN(CCC)CCCCSOC#N. The van der Waals surface area contributed by atoms with Gasteiger partial charge in [-0.2, -0.15) is 0 Å². The molecule has 0 saturated heterocycles. The molecular weight excluding hydrogens is 208 g/mol. The smallest absolute Gasteiger partial charge is 0.299 e. The van der Waals surface area contributed by atoms with Crippen LogP contribution in [0.5, 0.6) is 0 Å². The first kappa shape index (κ1) is 14.6. The summed E-state index contributed by atoms with van der Waals surface area (Å²) in [5.74, 6) is 0.916. The molecule has 0 heterocycles. The molecule has 0 amide bonds. The second kappa shape index (κ2) is 11.7. The van der Waals surface area contributed by atoms with Crippen molar-refractivity contribution in [1.29, 1.82) is 5.26 Å². The highest BCUT2D eigenvalue weighted by Crippen LogP contribution is 2.06. The van der Waals surface area contributed by atoms with Crippen LogP contribution in [-0.4, -0.2) is 30.3 Å². The molecule has 0 aliphatic heterocycles. The molecular formula is C11H22N2OS. The van der Waals surface area contributed by atoms with Crippen LogP contribution >= 0.6 is 12.0 Å². The average Bonchev–Trinajstić information content (AvgIpc) is 2.24. The van der Waals surface area contributed by atoms with Crippen LogP contribution in [0.3, 0.4) is 0 Å². The molecule has 0 aliphatic carbocycles. The second-order valence-electron chi connectivity index (χ2n) is 3.55. The Kier molecular flexibility index (Phi) is 11.4. The molecule has 15 heavy (non-hydrogen) atoms. The lowest BCUT2D eigenvalue weighted by Gasteiger charge is -2.20. The monoisotopic (exact) mass is 230 g/mol. The highest BCUT2D eigenvalue weighted by atomic mass is 32.2. The minimum absolute atomic E-state index is 0.916. The van der Waals surface area contributed by atoms with E-state index in [1.54, 1.807) is 6.26 Å². The zero-order valence-corrected chi connectivity index (χ0v) is 10.7. The van der Waals surface area contributed by atoms with E-state index in [1.165, 1.54) is 50.9 Å². The van der Waals surface area contributed by atoms with E-state index in [0.29, 0.717) is 0 Å². The summed E-state index contributed by atoms with van der Waals surface area (Å²) in [5.41, 5.74) is 0. The van der Waals surface area contributed by atoms with E-state index in [-0.39, 0.29) is 0 Å². The van der Waals surface area contributed by atoms with E-state index >= 15 is 0 Å². The van der Waals surface area contributed by atoms with Crippen molar-refractivity contribution in [3.63, 3.8) is 0 Å². The summed E-state index contributed by atoms with van der Waals surface area (Å²) in [4.78, 5) is 2.51. The third-order valence-corrected chi connectivity index (χ3v) is 2.78. The van der Waals surface area contributed by atoms with Gasteiger partial charge in [0.05, 0.1) is 12.0 Å². The van der Waals surface area contributed by atoms with Crippen LogP contribution in [0.4, 0.5) is 0 Å². The van der Waals surface area contributed by atoms with Crippen molar-refractivity contribution in [1.82, 2.24) is 4.90 Å². The number of hydrogen-bond donors (Lipinski definition) is 0. The topological polar surface area (TPSA) is 36.3 Å². The van der Waals surface area contributed by atoms with E-state index in [2.05, 4.69) is 22.9 Å². The summed E-state index contributed by atoms with van der Waals surface area (Å²) >= 11 is 1.25. The Morgan fingerprint density at radius 1 is 1.13 bits per heavy atom. The molecule has 0 bridgehead atoms. The standard InChI is InChI=1S/C11H22N2OS/c1-3-7-13(8-4-2)9-5-6-10-15-14-11-12/h3-10H2,1-2H3. The van der Waals surface area contributed by atoms with Gasteiger partial charge in [0.15, 0.2) is 0 Å². The van der Waals surface area contributed by atoms with Gasteiger partial charge < -0.3 is 9.08 Å². The number of unbranched alkanes of at least 4 members (excludes halogenated alkanes) is 1. The largest absolute Gasteiger partial charge is 0.352 e. The summed E-state index contributed by atoms with van der Waals surface area (Å²) in [7, 11) is 0. The molecule has 3 nitrogen and oxygen atoms in total. The molecule has 0 atom stereocenters. The van der Waals surface area contributed by atoms with E-state index in [0.717, 1.165) is 12.2 Å². The van der Waals surface area contributed by atoms with Gasteiger partial charge in [-0.25, -0.2) is 0 Å². The Morgan fingerprint density at radius 3 is 2.33 bits per heavy atom. The van der Waals surface area contributed by atoms with Crippen molar-refractivity contribution in [2.24, 2.45) is 0 Å². The number of rotatable bonds is 10. The van der Waals surface area contributed by atoms with E-state index in [4.69, 9.17) is 5.26 Å². The Labute approximate surface area is 98.0 Å². The van der Waals surface area contributed by atoms with Gasteiger partial charge in [0.2, 0.25) is 0 Å². The number of nitriles is 1. The van der Waals surface area contributed by atoms with Crippen LogP contribution < -0.4 is 0 Å². The number of hydrogen-bond acceptors (Lipinski definition) is 4. The van der Waals surface area contributed by atoms with Crippen molar-refractivity contribution >= 4 is 12.0 Å². The zero-order valence-electron chi connectivity index (χ0n) is 9.87. The molecule has 0 saturated carbocycles. The molecule has 0 aromatic carbocycles. The Bertz CT molecular complexity index is 164. The summed E-state index contributed by atoms with van der Waals surface area (Å²) < 4.78 is 4.54. The predicted octanol–water partition coefficient (Wildman–Crippen LogP) is 3.03. The third kappa shape index (κ3) is 9.89. The lowest BCUT2D eigenvalue weighted by molar-refractivity contribution is 0.270. The first-order chi connectivity index (χ1) is 7.35. The number of nitrogens with zero attached hydrogens (tertiary/aromatic N) is 2. The van der Waals surface area contributed by atoms with Gasteiger partial charge >= 0.3 is 0 Å². The van der Waals surface area contributed by atoms with Gasteiger partial charge in [-0.1, -0.05) is 13.8 Å². The van der Waals surface area contributed by atoms with Crippen LogP contribution in [-0.2, 0) is 4.18 Å². The summed E-state index contributed by atoms with van der Waals surface area (Å²) in [5, 5.41) is 8.15. The van der Waals surface area contributed by atoms with Crippen LogP contribution in [0.2, 0.25) is 0 Å². The van der Waals surface area contributed by atoms with Crippen molar-refractivity contribution in [2.75, 3.05) is 25.4 Å². The molecule has 88 valence electrons. The molecule has 0 unspecified atom stereocenters. The molecule has 0 N–H and O–H groups in total. The van der Waals surface area contributed by atoms with Crippen LogP contribution in [0.1, 0.15) is 39.5 Å². The first-order valence-corrected chi connectivity index (χ1v) is 6.66. The third-order valence-electron chi connectivity index (χ3n) is 2.13. The highest BCUT2D eigenvalue weighted by molar-refractivity contribution is 7.94. The lowest BCUT2D eigenvalue weighted by atomic mass is 10.3. The zero-order chi connectivity index (χ0) is 11.4. The Hall–Kier alpha value is -0.400. The van der Waals surface area contributed by atoms with Crippen LogP contribution in [0, 0.1) is 11.5 Å². The summed E-state index contributed by atoms with van der Waals surface area (Å²) in [6.07, 6.45) is 6.43. The van der Waals surface area contributed by atoms with Gasteiger partial charge in [0, 0.05) is 5.75 Å². The van der Waals surface area contributed by atoms with Gasteiger partial charge in [-0.15, -0.1) is 5.26 Å². The molecule has 0 spiro atoms. The molecule has 0 fully saturated rings. The molecule has 0 aromatic rings. The normalized spacial score (nSPS) is 10.3. The predicted molar refractivity (Wildman–Crippen MR) is 65.4 cm³/mol. The molecule has 0 aliphatic rings. The van der Waals surface area contributed by atoms with E-state index in [9.17, 15) is 0 Å². The fourth-order valence-electron chi connectivity index (χ4n) is 1.53. The van der Waals surface area contributed by atoms with Crippen LogP contribution in [0.25, 0.3) is 0 Å². The van der Waals surface area contributed by atoms with Crippen molar-refractivity contribution < 1.29 is 4.18 Å². The first-order valence-electron chi connectivity index (χ1n) is 5.75. The fraction of sp³-hybridized carbons (Fsp3) is 0.909. The Morgan fingerprint density at radius 2 is 1.80 bits per heavy atom. The lowest BCUT2D eigenvalue weighted by Crippen LogP contribution is -2.26. The second-order valence-corrected chi connectivity index (χ2v) is 4.36. The molecule has 0 radical (unpaired) electrons. The van der Waals surface area contributed by atoms with Gasteiger partial charge in [0.25, 0.3) is 6.26 Å². The van der Waals surface area contributed by atoms with Crippen LogP contribution in [0.15, 0.2) is 0 Å². The highest BCUT2D eigenvalue weighted by Gasteiger charge is 2.01. The van der Waals surface area contributed by atoms with Gasteiger partial charge in [-0.05, 0) is 45.3 Å². The maximum absolute atomic E-state index is 8.15. The van der Waals surface area contributed by atoms with Crippen molar-refractivity contribution in [2.45, 2.75) is 39.5 Å². The minimum Gasteiger partial charge on any atom is -0.352 e. The van der Waals surface area contributed by atoms with Gasteiger partial charge in [-0.3, -0.25) is 0 Å². The van der Waals surface area contributed by atoms with Gasteiger partial charge in [0.1, 0.15) is 0 Å². The molecule has 0 aromatic heterocycles. The van der Waals surface area contributed by atoms with E-state index < -0.39 is 0 Å². The fourth-order valence-corrected chi connectivity index (χ4v) is 1.99. The van der Waals surface area contributed by atoms with E-state index in [1.807, 2.05) is 0 Å². The maximum Gasteiger partial charge on any atom is 0.299 e. The van der Waals surface area contributed by atoms with Crippen molar-refractivity contribution in [3.05, 3.63) is 0 Å². The average molecular weight is 230 g/mol. The molecule has 0 rings (SSSR count). The summed E-state index contributed by atoms with van der Waals surface area (Å²) in [6, 6.07) is 0. The quantitative estimate of drug-likeness (QED) is 0.328. The Balaban J connectivity index is 3.32.